The van der Waals surface area contributed by atoms with Crippen LogP contribution in [-0.2, 0) is 6.54 Å². The Labute approximate surface area is 125 Å². The predicted molar refractivity (Wildman–Crippen MR) is 87.6 cm³/mol. The molecule has 0 amide bonds. The zero-order valence-corrected chi connectivity index (χ0v) is 13.3. The van der Waals surface area contributed by atoms with Crippen molar-refractivity contribution < 1.29 is 0 Å². The van der Waals surface area contributed by atoms with Gasteiger partial charge in [-0.2, -0.15) is 12.6 Å². The minimum Gasteiger partial charge on any atom is -0.305 e. The summed E-state index contributed by atoms with van der Waals surface area (Å²) in [4.78, 5) is 16.9. The molecule has 0 spiro atoms. The fourth-order valence-electron chi connectivity index (χ4n) is 2.56. The molecule has 0 bridgehead atoms. The van der Waals surface area contributed by atoms with E-state index in [0.29, 0.717) is 12.2 Å². The molecule has 0 N–H and O–H groups in total. The van der Waals surface area contributed by atoms with Gasteiger partial charge < -0.3 is 4.57 Å². The van der Waals surface area contributed by atoms with Gasteiger partial charge >= 0.3 is 0 Å². The number of thiol groups is 1. The number of fused-ring (bicyclic) bond motifs is 1. The molecule has 4 heteroatoms. The van der Waals surface area contributed by atoms with Crippen molar-refractivity contribution in [2.45, 2.75) is 40.2 Å². The number of benzene rings is 1. The molecule has 3 nitrogen and oxygen atoms in total. The Morgan fingerprint density at radius 2 is 1.90 bits per heavy atom. The maximum atomic E-state index is 12.5. The Hall–Kier alpha value is -1.29. The minimum atomic E-state index is 0.0109. The molecule has 0 aliphatic heterocycles. The highest BCUT2D eigenvalue weighted by Crippen LogP contribution is 2.30. The van der Waals surface area contributed by atoms with Crippen molar-refractivity contribution in [3.05, 3.63) is 40.3 Å². The van der Waals surface area contributed by atoms with Gasteiger partial charge in [0.15, 0.2) is 0 Å². The first-order valence-corrected chi connectivity index (χ1v) is 7.77. The van der Waals surface area contributed by atoms with Crippen molar-refractivity contribution >= 4 is 23.7 Å². The van der Waals surface area contributed by atoms with Gasteiger partial charge in [0.05, 0.1) is 11.0 Å². The van der Waals surface area contributed by atoms with Gasteiger partial charge in [-0.25, -0.2) is 4.98 Å². The van der Waals surface area contributed by atoms with E-state index in [1.165, 1.54) is 0 Å². The lowest BCUT2D eigenvalue weighted by atomic mass is 9.84. The molecule has 1 heterocycles. The Morgan fingerprint density at radius 3 is 2.50 bits per heavy atom. The van der Waals surface area contributed by atoms with Gasteiger partial charge in [0.25, 0.3) is 5.56 Å². The molecule has 20 heavy (non-hydrogen) atoms. The topological polar surface area (TPSA) is 34.9 Å². The third-order valence-electron chi connectivity index (χ3n) is 4.34. The van der Waals surface area contributed by atoms with Crippen molar-refractivity contribution in [1.29, 1.82) is 0 Å². The van der Waals surface area contributed by atoms with E-state index in [0.717, 1.165) is 29.6 Å². The average molecular weight is 290 g/mol. The lowest BCUT2D eigenvalue weighted by Crippen LogP contribution is -2.34. The van der Waals surface area contributed by atoms with E-state index in [9.17, 15) is 4.79 Å². The van der Waals surface area contributed by atoms with Gasteiger partial charge in [-0.1, -0.05) is 26.0 Å². The molecule has 0 radical (unpaired) electrons. The van der Waals surface area contributed by atoms with Gasteiger partial charge in [0.2, 0.25) is 0 Å². The average Bonchev–Trinajstić information content (AvgIpc) is 2.49. The Morgan fingerprint density at radius 1 is 1.25 bits per heavy atom. The zero-order chi connectivity index (χ0) is 14.8. The SMILES string of the molecule is CCC(CC)(CS)Cn1c(=O)c(C)nc2ccccc21. The van der Waals surface area contributed by atoms with Gasteiger partial charge in [0, 0.05) is 6.54 Å². The third kappa shape index (κ3) is 2.62. The van der Waals surface area contributed by atoms with E-state index in [4.69, 9.17) is 0 Å². The van der Waals surface area contributed by atoms with Crippen LogP contribution in [0.3, 0.4) is 0 Å². The van der Waals surface area contributed by atoms with Crippen molar-refractivity contribution in [1.82, 2.24) is 9.55 Å². The lowest BCUT2D eigenvalue weighted by molar-refractivity contribution is 0.258. The quantitative estimate of drug-likeness (QED) is 0.856. The van der Waals surface area contributed by atoms with Crippen LogP contribution in [0.5, 0.6) is 0 Å². The standard InChI is InChI=1S/C16H22N2OS/c1-4-16(5-2,11-20)10-18-14-9-7-6-8-13(14)17-12(3)15(18)19/h6-9,20H,4-5,10-11H2,1-3H3. The number of rotatable bonds is 5. The van der Waals surface area contributed by atoms with Gasteiger partial charge in [-0.05, 0) is 43.1 Å². The van der Waals surface area contributed by atoms with Crippen LogP contribution in [0.2, 0.25) is 0 Å². The summed E-state index contributed by atoms with van der Waals surface area (Å²) in [7, 11) is 0. The molecule has 2 rings (SSSR count). The van der Waals surface area contributed by atoms with Crippen LogP contribution in [0.15, 0.2) is 29.1 Å². The van der Waals surface area contributed by atoms with Gasteiger partial charge in [-0.3, -0.25) is 4.79 Å². The second-order valence-corrected chi connectivity index (χ2v) is 5.76. The highest BCUT2D eigenvalue weighted by Gasteiger charge is 2.26. The number of aryl methyl sites for hydroxylation is 1. The zero-order valence-electron chi connectivity index (χ0n) is 12.4. The second kappa shape index (κ2) is 6.00. The Kier molecular flexibility index (Phi) is 4.53. The van der Waals surface area contributed by atoms with E-state index in [1.54, 1.807) is 6.92 Å². The minimum absolute atomic E-state index is 0.0109. The van der Waals surface area contributed by atoms with E-state index in [2.05, 4.69) is 31.5 Å². The van der Waals surface area contributed by atoms with Crippen molar-refractivity contribution in [3.63, 3.8) is 0 Å². The summed E-state index contributed by atoms with van der Waals surface area (Å²) >= 11 is 4.52. The lowest BCUT2D eigenvalue weighted by Gasteiger charge is -2.31. The van der Waals surface area contributed by atoms with Gasteiger partial charge in [0.1, 0.15) is 5.69 Å². The molecule has 108 valence electrons. The molecule has 0 fully saturated rings. The van der Waals surface area contributed by atoms with Crippen molar-refractivity contribution in [2.24, 2.45) is 5.41 Å². The first kappa shape index (κ1) is 15.1. The van der Waals surface area contributed by atoms with E-state index >= 15 is 0 Å². The number of nitrogens with zero attached hydrogens (tertiary/aromatic N) is 2. The van der Waals surface area contributed by atoms with Crippen molar-refractivity contribution in [2.75, 3.05) is 5.75 Å². The van der Waals surface area contributed by atoms with Crippen LogP contribution in [0.25, 0.3) is 11.0 Å². The van der Waals surface area contributed by atoms with Crippen LogP contribution in [0.4, 0.5) is 0 Å². The number of para-hydroxylation sites is 2. The fraction of sp³-hybridized carbons (Fsp3) is 0.500. The second-order valence-electron chi connectivity index (χ2n) is 5.44. The fourth-order valence-corrected chi connectivity index (χ4v) is 3.11. The van der Waals surface area contributed by atoms with Crippen LogP contribution in [0.1, 0.15) is 32.4 Å². The smallest absolute Gasteiger partial charge is 0.272 e. The molecule has 0 saturated carbocycles. The number of aromatic nitrogens is 2. The summed E-state index contributed by atoms with van der Waals surface area (Å²) in [5.74, 6) is 0.780. The van der Waals surface area contributed by atoms with Crippen LogP contribution in [0, 0.1) is 12.3 Å². The van der Waals surface area contributed by atoms with E-state index in [-0.39, 0.29) is 11.0 Å². The van der Waals surface area contributed by atoms with Crippen LogP contribution < -0.4 is 5.56 Å². The summed E-state index contributed by atoms with van der Waals surface area (Å²) in [6.07, 6.45) is 2.02. The molecule has 0 saturated heterocycles. The summed E-state index contributed by atoms with van der Waals surface area (Å²) in [5.41, 5.74) is 2.42. The predicted octanol–water partition coefficient (Wildman–Crippen LogP) is 3.44. The van der Waals surface area contributed by atoms with Gasteiger partial charge in [-0.15, -0.1) is 0 Å². The molecular formula is C16H22N2OS. The molecule has 0 atom stereocenters. The maximum absolute atomic E-state index is 12.5. The highest BCUT2D eigenvalue weighted by molar-refractivity contribution is 7.80. The number of hydrogen-bond acceptors (Lipinski definition) is 3. The summed E-state index contributed by atoms with van der Waals surface area (Å²) in [6.45, 7) is 6.82. The van der Waals surface area contributed by atoms with E-state index < -0.39 is 0 Å². The first-order chi connectivity index (χ1) is 9.56. The molecule has 1 aromatic heterocycles. The maximum Gasteiger partial charge on any atom is 0.272 e. The molecular weight excluding hydrogens is 268 g/mol. The molecule has 2 aromatic rings. The summed E-state index contributed by atoms with van der Waals surface area (Å²) in [6, 6.07) is 7.83. The monoisotopic (exact) mass is 290 g/mol. The first-order valence-electron chi connectivity index (χ1n) is 7.14. The molecule has 0 aliphatic carbocycles. The normalized spacial score (nSPS) is 12.0. The number of hydrogen-bond donors (Lipinski definition) is 1. The van der Waals surface area contributed by atoms with Crippen LogP contribution >= 0.6 is 12.6 Å². The summed E-state index contributed by atoms with van der Waals surface area (Å²) in [5, 5.41) is 0. The van der Waals surface area contributed by atoms with Crippen LogP contribution in [-0.4, -0.2) is 15.3 Å². The Balaban J connectivity index is 2.64. The van der Waals surface area contributed by atoms with Crippen molar-refractivity contribution in [3.8, 4) is 0 Å². The third-order valence-corrected chi connectivity index (χ3v) is 5.02. The highest BCUT2D eigenvalue weighted by atomic mass is 32.1. The molecule has 0 aliphatic rings. The Bertz CT molecular complexity index is 651. The summed E-state index contributed by atoms with van der Waals surface area (Å²) < 4.78 is 1.88. The largest absolute Gasteiger partial charge is 0.305 e. The van der Waals surface area contributed by atoms with E-state index in [1.807, 2.05) is 28.8 Å². The molecule has 0 unspecified atom stereocenters. The molecule has 1 aromatic carbocycles.